The standard InChI is InChI=1S/C14H18O4/c1-14(2,3)12-11(18-12)13(15)17-10-7-5-9(16-4)6-8-10/h5-8,11-12H,1-4H3/t11-,12-/m0/s1. The van der Waals surface area contributed by atoms with Crippen molar-refractivity contribution in [3.63, 3.8) is 0 Å². The van der Waals surface area contributed by atoms with E-state index in [1.54, 1.807) is 31.4 Å². The zero-order valence-corrected chi connectivity index (χ0v) is 11.1. The summed E-state index contributed by atoms with van der Waals surface area (Å²) in [7, 11) is 1.59. The molecule has 0 spiro atoms. The molecule has 18 heavy (non-hydrogen) atoms. The Hall–Kier alpha value is -1.55. The number of carbonyl (C=O) groups is 1. The predicted molar refractivity (Wildman–Crippen MR) is 66.7 cm³/mol. The number of rotatable bonds is 3. The second-order valence-corrected chi connectivity index (χ2v) is 5.44. The first kappa shape index (κ1) is 12.9. The van der Waals surface area contributed by atoms with Crippen molar-refractivity contribution in [1.82, 2.24) is 0 Å². The molecule has 0 bridgehead atoms. The molecule has 0 saturated carbocycles. The van der Waals surface area contributed by atoms with Crippen molar-refractivity contribution in [1.29, 1.82) is 0 Å². The quantitative estimate of drug-likeness (QED) is 0.469. The maximum Gasteiger partial charge on any atom is 0.343 e. The molecule has 0 aliphatic carbocycles. The molecule has 1 saturated heterocycles. The van der Waals surface area contributed by atoms with Gasteiger partial charge in [-0.25, -0.2) is 4.79 Å². The van der Waals surface area contributed by atoms with Crippen LogP contribution in [0.25, 0.3) is 0 Å². The third kappa shape index (κ3) is 2.82. The van der Waals surface area contributed by atoms with Crippen molar-refractivity contribution in [2.75, 3.05) is 7.11 Å². The summed E-state index contributed by atoms with van der Waals surface area (Å²) >= 11 is 0. The van der Waals surface area contributed by atoms with Gasteiger partial charge in [-0.1, -0.05) is 20.8 Å². The minimum atomic E-state index is -0.438. The second kappa shape index (κ2) is 4.61. The molecule has 98 valence electrons. The van der Waals surface area contributed by atoms with E-state index in [-0.39, 0.29) is 17.5 Å². The third-order valence-electron chi connectivity index (χ3n) is 2.86. The van der Waals surface area contributed by atoms with Crippen LogP contribution in [0.4, 0.5) is 0 Å². The molecular weight excluding hydrogens is 232 g/mol. The zero-order valence-electron chi connectivity index (χ0n) is 11.1. The SMILES string of the molecule is COc1ccc(OC(=O)[C@H]2O[C@@H]2C(C)(C)C)cc1. The molecule has 1 aromatic rings. The van der Waals surface area contributed by atoms with Gasteiger partial charge in [-0.15, -0.1) is 0 Å². The average Bonchev–Trinajstić information content (AvgIpc) is 3.09. The van der Waals surface area contributed by atoms with Gasteiger partial charge in [-0.05, 0) is 29.7 Å². The van der Waals surface area contributed by atoms with Crippen LogP contribution in [0.3, 0.4) is 0 Å². The van der Waals surface area contributed by atoms with E-state index in [2.05, 4.69) is 0 Å². The maximum atomic E-state index is 11.8. The van der Waals surface area contributed by atoms with Crippen LogP contribution in [-0.2, 0) is 9.53 Å². The maximum absolute atomic E-state index is 11.8. The summed E-state index contributed by atoms with van der Waals surface area (Å²) in [6, 6.07) is 6.89. The summed E-state index contributed by atoms with van der Waals surface area (Å²) in [6.45, 7) is 6.12. The third-order valence-corrected chi connectivity index (χ3v) is 2.86. The lowest BCUT2D eigenvalue weighted by Crippen LogP contribution is -2.23. The smallest absolute Gasteiger partial charge is 0.343 e. The first-order valence-corrected chi connectivity index (χ1v) is 5.93. The fourth-order valence-corrected chi connectivity index (χ4v) is 1.77. The number of benzene rings is 1. The Morgan fingerprint density at radius 2 is 1.72 bits per heavy atom. The fourth-order valence-electron chi connectivity index (χ4n) is 1.77. The van der Waals surface area contributed by atoms with Gasteiger partial charge in [0, 0.05) is 0 Å². The number of carbonyl (C=O) groups excluding carboxylic acids is 1. The van der Waals surface area contributed by atoms with Gasteiger partial charge >= 0.3 is 5.97 Å². The Labute approximate surface area is 107 Å². The van der Waals surface area contributed by atoms with Crippen molar-refractivity contribution in [2.24, 2.45) is 5.41 Å². The highest BCUT2D eigenvalue weighted by atomic mass is 16.6. The van der Waals surface area contributed by atoms with Crippen LogP contribution in [-0.4, -0.2) is 25.3 Å². The first-order chi connectivity index (χ1) is 8.41. The predicted octanol–water partition coefficient (Wildman–Crippen LogP) is 2.41. The van der Waals surface area contributed by atoms with Gasteiger partial charge in [0.1, 0.15) is 17.6 Å². The molecule has 0 amide bonds. The highest BCUT2D eigenvalue weighted by molar-refractivity contribution is 5.80. The summed E-state index contributed by atoms with van der Waals surface area (Å²) < 4.78 is 15.6. The normalized spacial score (nSPS) is 22.4. The molecule has 1 aliphatic rings. The summed E-state index contributed by atoms with van der Waals surface area (Å²) in [5, 5.41) is 0. The van der Waals surface area contributed by atoms with E-state index in [9.17, 15) is 4.79 Å². The fraction of sp³-hybridized carbons (Fsp3) is 0.500. The van der Waals surface area contributed by atoms with E-state index in [0.29, 0.717) is 5.75 Å². The monoisotopic (exact) mass is 250 g/mol. The van der Waals surface area contributed by atoms with Gasteiger partial charge in [0.25, 0.3) is 0 Å². The van der Waals surface area contributed by atoms with E-state index in [1.165, 1.54) is 0 Å². The van der Waals surface area contributed by atoms with Gasteiger partial charge < -0.3 is 14.2 Å². The van der Waals surface area contributed by atoms with Crippen molar-refractivity contribution in [2.45, 2.75) is 33.0 Å². The molecule has 2 atom stereocenters. The number of hydrogen-bond donors (Lipinski definition) is 0. The van der Waals surface area contributed by atoms with Gasteiger partial charge in [-0.3, -0.25) is 0 Å². The molecule has 1 heterocycles. The topological polar surface area (TPSA) is 48.1 Å². The van der Waals surface area contributed by atoms with Crippen LogP contribution in [0.5, 0.6) is 11.5 Å². The summed E-state index contributed by atoms with van der Waals surface area (Å²) in [6.07, 6.45) is -0.490. The minimum Gasteiger partial charge on any atom is -0.497 e. The Morgan fingerprint density at radius 1 is 1.17 bits per heavy atom. The second-order valence-electron chi connectivity index (χ2n) is 5.44. The Morgan fingerprint density at radius 3 is 2.17 bits per heavy atom. The molecule has 0 unspecified atom stereocenters. The van der Waals surface area contributed by atoms with Crippen LogP contribution in [0.15, 0.2) is 24.3 Å². The summed E-state index contributed by atoms with van der Waals surface area (Å²) in [5.41, 5.74) is -0.0381. The molecule has 0 N–H and O–H groups in total. The van der Waals surface area contributed by atoms with E-state index >= 15 is 0 Å². The van der Waals surface area contributed by atoms with Crippen LogP contribution in [0, 0.1) is 5.41 Å². The van der Waals surface area contributed by atoms with Gasteiger partial charge in [-0.2, -0.15) is 0 Å². The summed E-state index contributed by atoms with van der Waals surface area (Å²) in [5.74, 6) is 0.897. The van der Waals surface area contributed by atoms with Gasteiger partial charge in [0.05, 0.1) is 7.11 Å². The van der Waals surface area contributed by atoms with Crippen molar-refractivity contribution >= 4 is 5.97 Å². The molecule has 1 fully saturated rings. The van der Waals surface area contributed by atoms with Gasteiger partial charge in [0.2, 0.25) is 0 Å². The van der Waals surface area contributed by atoms with E-state index in [0.717, 1.165) is 5.75 Å². The number of ether oxygens (including phenoxy) is 3. The highest BCUT2D eigenvalue weighted by Gasteiger charge is 2.53. The van der Waals surface area contributed by atoms with Crippen molar-refractivity contribution < 1.29 is 19.0 Å². The average molecular weight is 250 g/mol. The van der Waals surface area contributed by atoms with Crippen LogP contribution in [0.2, 0.25) is 0 Å². The molecule has 4 nitrogen and oxygen atoms in total. The Kier molecular flexibility index (Phi) is 3.30. The molecule has 1 aliphatic heterocycles. The van der Waals surface area contributed by atoms with E-state index in [4.69, 9.17) is 14.2 Å². The van der Waals surface area contributed by atoms with Gasteiger partial charge in [0.15, 0.2) is 6.10 Å². The lowest BCUT2D eigenvalue weighted by molar-refractivity contribution is -0.135. The molecular formula is C14H18O4. The number of epoxide rings is 1. The molecule has 1 aromatic carbocycles. The summed E-state index contributed by atoms with van der Waals surface area (Å²) in [4.78, 5) is 11.8. The van der Waals surface area contributed by atoms with E-state index < -0.39 is 6.10 Å². The highest BCUT2D eigenvalue weighted by Crippen LogP contribution is 2.38. The number of methoxy groups -OCH3 is 1. The molecule has 4 heteroatoms. The van der Waals surface area contributed by atoms with Crippen molar-refractivity contribution in [3.05, 3.63) is 24.3 Å². The first-order valence-electron chi connectivity index (χ1n) is 5.93. The minimum absolute atomic E-state index is 0.0381. The van der Waals surface area contributed by atoms with Crippen LogP contribution < -0.4 is 9.47 Å². The number of hydrogen-bond acceptors (Lipinski definition) is 4. The van der Waals surface area contributed by atoms with Crippen molar-refractivity contribution in [3.8, 4) is 11.5 Å². The van der Waals surface area contributed by atoms with Crippen LogP contribution in [0.1, 0.15) is 20.8 Å². The Bertz CT molecular complexity index is 430. The molecule has 0 aromatic heterocycles. The van der Waals surface area contributed by atoms with E-state index in [1.807, 2.05) is 20.8 Å². The lowest BCUT2D eigenvalue weighted by atomic mass is 9.90. The number of esters is 1. The Balaban J connectivity index is 1.92. The zero-order chi connectivity index (χ0) is 13.3. The molecule has 0 radical (unpaired) electrons. The van der Waals surface area contributed by atoms with Crippen LogP contribution >= 0.6 is 0 Å². The lowest BCUT2D eigenvalue weighted by Gasteiger charge is -2.13. The molecule has 2 rings (SSSR count). The largest absolute Gasteiger partial charge is 0.497 e.